The molecule has 8 nitrogen and oxygen atoms in total. The molecular weight excluding hydrogens is 543 g/mol. The number of phenols is 1. The topological polar surface area (TPSA) is 114 Å². The van der Waals surface area contributed by atoms with Gasteiger partial charge in [-0.1, -0.05) is 43.0 Å². The van der Waals surface area contributed by atoms with Gasteiger partial charge in [-0.05, 0) is 56.6 Å². The van der Waals surface area contributed by atoms with Gasteiger partial charge in [-0.15, -0.1) is 12.4 Å². The van der Waals surface area contributed by atoms with Gasteiger partial charge in [0.05, 0.1) is 16.7 Å². The smallest absolute Gasteiger partial charge is 0.407 e. The monoisotopic (exact) mass is 576 g/mol. The third kappa shape index (κ3) is 5.11. The summed E-state index contributed by atoms with van der Waals surface area (Å²) in [5.41, 5.74) is 0.535. The molecule has 1 amide bonds. The minimum atomic E-state index is -1.08. The molecule has 1 aliphatic carbocycles. The van der Waals surface area contributed by atoms with Crippen LogP contribution in [-0.4, -0.2) is 64.5 Å². The minimum Gasteiger partial charge on any atom is -0.507 e. The average Bonchev–Trinajstić information content (AvgIpc) is 2.89. The Morgan fingerprint density at radius 2 is 1.87 bits per heavy atom. The normalized spacial score (nSPS) is 21.3. The van der Waals surface area contributed by atoms with Crippen molar-refractivity contribution in [3.8, 4) is 17.1 Å². The summed E-state index contributed by atoms with van der Waals surface area (Å²) >= 11 is 6.44. The van der Waals surface area contributed by atoms with E-state index in [1.54, 1.807) is 37.4 Å². The SMILES string of the molecule is CN1CC[C@H](c2c(C3(N(C)C(=O)O)CCCCC3)cc(O)c3c(=O)cc(-c4ccccc4Cl)oc23)[C@H](O)C1.Cl. The highest BCUT2D eigenvalue weighted by Gasteiger charge is 2.45. The average molecular weight is 578 g/mol. The van der Waals surface area contributed by atoms with Gasteiger partial charge in [0.15, 0.2) is 5.43 Å². The van der Waals surface area contributed by atoms with E-state index in [1.165, 1.54) is 11.0 Å². The second kappa shape index (κ2) is 11.4. The van der Waals surface area contributed by atoms with Gasteiger partial charge in [0, 0.05) is 36.7 Å². The summed E-state index contributed by atoms with van der Waals surface area (Å²) in [5, 5.41) is 33.1. The largest absolute Gasteiger partial charge is 0.507 e. The van der Waals surface area contributed by atoms with Gasteiger partial charge in [-0.3, -0.25) is 4.79 Å². The van der Waals surface area contributed by atoms with Crippen LogP contribution in [0.15, 0.2) is 45.6 Å². The zero-order chi connectivity index (χ0) is 27.2. The molecule has 39 heavy (non-hydrogen) atoms. The molecule has 0 spiro atoms. The standard InChI is InChI=1S/C29H33ClN2O6.ClH/c1-31-13-10-18(23(35)16-31)25-19(29(32(2)28(36)37)11-6-3-7-12-29)14-21(33)26-22(34)15-24(38-27(25)26)17-8-4-5-9-20(17)30;/h4-5,8-9,14-15,18,23,33,35H,3,6-7,10-13,16H2,1-2H3,(H,36,37);1H/t18-,23+;/m0./s1. The third-order valence-corrected chi connectivity index (χ3v) is 8.76. The van der Waals surface area contributed by atoms with Gasteiger partial charge in [0.25, 0.3) is 0 Å². The first-order valence-corrected chi connectivity index (χ1v) is 13.4. The van der Waals surface area contributed by atoms with Crippen molar-refractivity contribution in [1.82, 2.24) is 9.80 Å². The van der Waals surface area contributed by atoms with Gasteiger partial charge in [-0.25, -0.2) is 4.79 Å². The number of carboxylic acid groups (broad SMARTS) is 1. The lowest BCUT2D eigenvalue weighted by Gasteiger charge is -2.46. The molecule has 10 heteroatoms. The Kier molecular flexibility index (Phi) is 8.52. The van der Waals surface area contributed by atoms with E-state index in [1.807, 2.05) is 11.9 Å². The number of amides is 1. The maximum absolute atomic E-state index is 13.4. The number of likely N-dealkylation sites (tertiary alicyclic amines) is 1. The Morgan fingerprint density at radius 1 is 1.18 bits per heavy atom. The number of benzene rings is 2. The van der Waals surface area contributed by atoms with E-state index in [0.29, 0.717) is 54.1 Å². The van der Waals surface area contributed by atoms with Crippen LogP contribution in [0, 0.1) is 0 Å². The molecule has 1 saturated carbocycles. The maximum Gasteiger partial charge on any atom is 0.407 e. The Balaban J connectivity index is 0.00000353. The van der Waals surface area contributed by atoms with E-state index in [2.05, 4.69) is 0 Å². The number of piperidine rings is 1. The molecule has 1 saturated heterocycles. The molecule has 2 aliphatic rings. The van der Waals surface area contributed by atoms with Crippen LogP contribution in [-0.2, 0) is 5.54 Å². The highest BCUT2D eigenvalue weighted by atomic mass is 35.5. The predicted octanol–water partition coefficient (Wildman–Crippen LogP) is 5.79. The zero-order valence-corrected chi connectivity index (χ0v) is 23.6. The third-order valence-electron chi connectivity index (χ3n) is 8.43. The molecular formula is C29H34Cl2N2O6. The van der Waals surface area contributed by atoms with Gasteiger partial charge < -0.3 is 29.5 Å². The maximum atomic E-state index is 13.4. The van der Waals surface area contributed by atoms with Crippen LogP contribution in [0.1, 0.15) is 55.6 Å². The quantitative estimate of drug-likeness (QED) is 0.360. The summed E-state index contributed by atoms with van der Waals surface area (Å²) in [5.74, 6) is -0.433. The van der Waals surface area contributed by atoms with E-state index < -0.39 is 29.1 Å². The van der Waals surface area contributed by atoms with E-state index in [-0.39, 0.29) is 34.9 Å². The Bertz CT molecular complexity index is 1440. The van der Waals surface area contributed by atoms with Crippen LogP contribution in [0.2, 0.25) is 5.02 Å². The number of fused-ring (bicyclic) bond motifs is 1. The first-order chi connectivity index (χ1) is 18.1. The van der Waals surface area contributed by atoms with Gasteiger partial charge in [0.1, 0.15) is 22.5 Å². The fourth-order valence-electron chi connectivity index (χ4n) is 6.41. The van der Waals surface area contributed by atoms with E-state index >= 15 is 0 Å². The van der Waals surface area contributed by atoms with Crippen LogP contribution < -0.4 is 5.43 Å². The van der Waals surface area contributed by atoms with Gasteiger partial charge >= 0.3 is 6.09 Å². The number of β-amino-alcohol motifs (C(OH)–C–C–N with tert-alkyl or cyclic N) is 1. The number of aliphatic hydroxyl groups excluding tert-OH is 1. The lowest BCUT2D eigenvalue weighted by molar-refractivity contribution is 0.0536. The summed E-state index contributed by atoms with van der Waals surface area (Å²) < 4.78 is 6.43. The van der Waals surface area contributed by atoms with Crippen LogP contribution in [0.4, 0.5) is 4.79 Å². The lowest BCUT2D eigenvalue weighted by atomic mass is 9.70. The summed E-state index contributed by atoms with van der Waals surface area (Å²) in [6.45, 7) is 1.13. The number of nitrogens with zero attached hydrogens (tertiary/aromatic N) is 2. The van der Waals surface area contributed by atoms with E-state index in [4.69, 9.17) is 16.0 Å². The molecule has 3 N–H and O–H groups in total. The Hall–Kier alpha value is -2.78. The number of hydrogen-bond donors (Lipinski definition) is 3. The number of halogens is 2. The van der Waals surface area contributed by atoms with Crippen LogP contribution >= 0.6 is 24.0 Å². The molecule has 5 rings (SSSR count). The first kappa shape index (κ1) is 29.2. The molecule has 2 heterocycles. The summed E-state index contributed by atoms with van der Waals surface area (Å²) in [6, 6.07) is 9.89. The summed E-state index contributed by atoms with van der Waals surface area (Å²) in [6.07, 6.45) is 2.46. The highest BCUT2D eigenvalue weighted by molar-refractivity contribution is 6.33. The molecule has 1 aliphatic heterocycles. The number of likely N-dealkylation sites (N-methyl/N-ethyl adjacent to an activating group) is 1. The van der Waals surface area contributed by atoms with Gasteiger partial charge in [-0.2, -0.15) is 0 Å². The molecule has 0 unspecified atom stereocenters. The fourth-order valence-corrected chi connectivity index (χ4v) is 6.64. The predicted molar refractivity (Wildman–Crippen MR) is 153 cm³/mol. The molecule has 2 aromatic carbocycles. The van der Waals surface area contributed by atoms with Crippen molar-refractivity contribution in [2.75, 3.05) is 27.2 Å². The highest BCUT2D eigenvalue weighted by Crippen LogP contribution is 2.50. The van der Waals surface area contributed by atoms with Crippen LogP contribution in [0.25, 0.3) is 22.3 Å². The van der Waals surface area contributed by atoms with Gasteiger partial charge in [0.2, 0.25) is 0 Å². The number of aromatic hydroxyl groups is 1. The van der Waals surface area contributed by atoms with E-state index in [9.17, 15) is 24.9 Å². The summed E-state index contributed by atoms with van der Waals surface area (Å²) in [4.78, 5) is 29.2. The second-order valence-corrected chi connectivity index (χ2v) is 11.1. The van der Waals surface area contributed by atoms with Crippen molar-refractivity contribution < 1.29 is 24.5 Å². The zero-order valence-electron chi connectivity index (χ0n) is 22.0. The van der Waals surface area contributed by atoms with Crippen molar-refractivity contribution in [1.29, 1.82) is 0 Å². The van der Waals surface area contributed by atoms with Crippen molar-refractivity contribution >= 4 is 41.1 Å². The molecule has 1 aromatic heterocycles. The van der Waals surface area contributed by atoms with Crippen molar-refractivity contribution in [2.24, 2.45) is 0 Å². The van der Waals surface area contributed by atoms with Crippen LogP contribution in [0.5, 0.6) is 5.75 Å². The van der Waals surface area contributed by atoms with Crippen molar-refractivity contribution in [2.45, 2.75) is 56.1 Å². The van der Waals surface area contributed by atoms with Crippen molar-refractivity contribution in [3.63, 3.8) is 0 Å². The first-order valence-electron chi connectivity index (χ1n) is 13.1. The molecule has 210 valence electrons. The summed E-state index contributed by atoms with van der Waals surface area (Å²) in [7, 11) is 3.49. The molecule has 2 atom stereocenters. The Morgan fingerprint density at radius 3 is 2.51 bits per heavy atom. The fraction of sp³-hybridized carbons (Fsp3) is 0.448. The molecule has 3 aromatic rings. The lowest BCUT2D eigenvalue weighted by Crippen LogP contribution is -2.49. The minimum absolute atomic E-state index is 0. The number of carbonyl (C=O) groups is 1. The number of phenolic OH excluding ortho intramolecular Hbond substituents is 1. The molecule has 0 radical (unpaired) electrons. The molecule has 0 bridgehead atoms. The van der Waals surface area contributed by atoms with Crippen molar-refractivity contribution in [3.05, 3.63) is 62.8 Å². The number of aliphatic hydroxyl groups is 1. The second-order valence-electron chi connectivity index (χ2n) is 10.7. The Labute approximate surface area is 238 Å². The number of hydrogen-bond acceptors (Lipinski definition) is 6. The van der Waals surface area contributed by atoms with E-state index in [0.717, 1.165) is 19.3 Å². The van der Waals surface area contributed by atoms with Crippen LogP contribution in [0.3, 0.4) is 0 Å². The molecule has 2 fully saturated rings. The number of rotatable bonds is 4.